The molecule has 0 aliphatic carbocycles. The first-order valence-electron chi connectivity index (χ1n) is 11.1. The Kier molecular flexibility index (Phi) is 6.96. The van der Waals surface area contributed by atoms with Crippen LogP contribution in [0.5, 0.6) is 0 Å². The molecule has 0 saturated heterocycles. The summed E-state index contributed by atoms with van der Waals surface area (Å²) in [4.78, 5) is 43.3. The Morgan fingerprint density at radius 1 is 1.00 bits per heavy atom. The van der Waals surface area contributed by atoms with Gasteiger partial charge < -0.3 is 5.32 Å². The van der Waals surface area contributed by atoms with Crippen molar-refractivity contribution in [3.63, 3.8) is 0 Å². The van der Waals surface area contributed by atoms with Crippen molar-refractivity contribution >= 4 is 5.91 Å². The Labute approximate surface area is 200 Å². The number of nitrogens with zero attached hydrogens (tertiary/aromatic N) is 4. The Hall–Kier alpha value is -4.40. The van der Waals surface area contributed by atoms with Crippen LogP contribution in [-0.4, -0.2) is 25.2 Å². The number of rotatable bonds is 7. The quantitative estimate of drug-likeness (QED) is 0.445. The largest absolute Gasteiger partial charge is 0.352 e. The fraction of sp³-hybridized carbons (Fsp3) is 0.192. The normalized spacial score (nSPS) is 11.0. The van der Waals surface area contributed by atoms with Gasteiger partial charge in [-0.05, 0) is 47.4 Å². The molecule has 0 aliphatic heterocycles. The van der Waals surface area contributed by atoms with Gasteiger partial charge in [0, 0.05) is 24.5 Å². The molecule has 0 aliphatic rings. The summed E-state index contributed by atoms with van der Waals surface area (Å²) < 4.78 is 16.1. The molecule has 0 fully saturated rings. The van der Waals surface area contributed by atoms with Crippen molar-refractivity contribution in [2.75, 3.05) is 0 Å². The van der Waals surface area contributed by atoms with Gasteiger partial charge in [0.05, 0.1) is 12.2 Å². The molecule has 4 rings (SSSR count). The number of nitrogens with one attached hydrogen (secondary N) is 1. The molecule has 0 unspecified atom stereocenters. The molecule has 2 aromatic heterocycles. The SMILES string of the molecule is CC(C)c1ccc(-n2nc(C(=O)NCc3ccncc3)c(=O)n(Cc3ccccc3F)c2=O)cc1. The monoisotopic (exact) mass is 473 g/mol. The Balaban J connectivity index is 1.79. The number of benzene rings is 2. The zero-order valence-corrected chi connectivity index (χ0v) is 19.3. The molecule has 178 valence electrons. The summed E-state index contributed by atoms with van der Waals surface area (Å²) in [6.45, 7) is 3.87. The fourth-order valence-electron chi connectivity index (χ4n) is 3.53. The minimum atomic E-state index is -0.902. The predicted molar refractivity (Wildman–Crippen MR) is 129 cm³/mol. The second-order valence-electron chi connectivity index (χ2n) is 8.31. The van der Waals surface area contributed by atoms with Crippen LogP contribution in [-0.2, 0) is 13.1 Å². The van der Waals surface area contributed by atoms with E-state index in [4.69, 9.17) is 0 Å². The summed E-state index contributed by atoms with van der Waals surface area (Å²) in [5, 5.41) is 6.75. The second-order valence-corrected chi connectivity index (χ2v) is 8.31. The molecule has 1 amide bonds. The maximum atomic E-state index is 14.3. The van der Waals surface area contributed by atoms with Gasteiger partial charge in [0.1, 0.15) is 5.82 Å². The van der Waals surface area contributed by atoms with E-state index in [9.17, 15) is 18.8 Å². The Morgan fingerprint density at radius 3 is 2.34 bits per heavy atom. The molecule has 35 heavy (non-hydrogen) atoms. The van der Waals surface area contributed by atoms with E-state index < -0.39 is 28.7 Å². The number of hydrogen-bond acceptors (Lipinski definition) is 5. The smallest absolute Gasteiger partial charge is 0.346 e. The van der Waals surface area contributed by atoms with Crippen LogP contribution in [0.4, 0.5) is 4.39 Å². The second kappa shape index (κ2) is 10.3. The maximum absolute atomic E-state index is 14.3. The van der Waals surface area contributed by atoms with Crippen molar-refractivity contribution in [1.82, 2.24) is 24.6 Å². The van der Waals surface area contributed by atoms with Crippen LogP contribution in [0.3, 0.4) is 0 Å². The first-order valence-corrected chi connectivity index (χ1v) is 11.1. The van der Waals surface area contributed by atoms with E-state index in [1.807, 2.05) is 26.0 Å². The summed E-state index contributed by atoms with van der Waals surface area (Å²) in [5.74, 6) is -1.04. The third-order valence-electron chi connectivity index (χ3n) is 5.57. The highest BCUT2D eigenvalue weighted by molar-refractivity contribution is 5.91. The molecule has 1 N–H and O–H groups in total. The van der Waals surface area contributed by atoms with Crippen LogP contribution in [0.2, 0.25) is 0 Å². The van der Waals surface area contributed by atoms with Crippen molar-refractivity contribution in [2.45, 2.75) is 32.9 Å². The first kappa shape index (κ1) is 23.7. The van der Waals surface area contributed by atoms with E-state index in [1.165, 1.54) is 18.2 Å². The van der Waals surface area contributed by atoms with E-state index in [2.05, 4.69) is 15.4 Å². The van der Waals surface area contributed by atoms with Crippen molar-refractivity contribution in [3.8, 4) is 5.69 Å². The number of aromatic nitrogens is 4. The molecule has 4 aromatic rings. The van der Waals surface area contributed by atoms with E-state index in [0.717, 1.165) is 20.4 Å². The van der Waals surface area contributed by atoms with E-state index in [1.54, 1.807) is 42.7 Å². The van der Waals surface area contributed by atoms with Gasteiger partial charge in [0.25, 0.3) is 11.5 Å². The number of pyridine rings is 1. The molecule has 8 nitrogen and oxygen atoms in total. The van der Waals surface area contributed by atoms with Gasteiger partial charge in [-0.1, -0.05) is 44.2 Å². The van der Waals surface area contributed by atoms with Crippen LogP contribution < -0.4 is 16.6 Å². The Morgan fingerprint density at radius 2 is 1.69 bits per heavy atom. The van der Waals surface area contributed by atoms with Gasteiger partial charge in [0.2, 0.25) is 5.69 Å². The Bertz CT molecular complexity index is 1460. The number of amides is 1. The molecule has 9 heteroatoms. The number of hydrogen-bond donors (Lipinski definition) is 1. The maximum Gasteiger partial charge on any atom is 0.352 e. The molecular weight excluding hydrogens is 449 g/mol. The fourth-order valence-corrected chi connectivity index (χ4v) is 3.53. The third kappa shape index (κ3) is 5.24. The van der Waals surface area contributed by atoms with Crippen LogP contribution in [0, 0.1) is 5.82 Å². The first-order chi connectivity index (χ1) is 16.8. The average molecular weight is 474 g/mol. The zero-order valence-electron chi connectivity index (χ0n) is 19.3. The number of carbonyl (C=O) groups is 1. The summed E-state index contributed by atoms with van der Waals surface area (Å²) in [7, 11) is 0. The average Bonchev–Trinajstić information content (AvgIpc) is 2.87. The molecule has 2 aromatic carbocycles. The zero-order chi connectivity index (χ0) is 24.9. The summed E-state index contributed by atoms with van der Waals surface area (Å²) in [5.41, 5.74) is 0.201. The standard InChI is InChI=1S/C26H24FN5O3/c1-17(2)19-7-9-21(10-8-19)32-26(35)31(16-20-5-3-4-6-22(20)27)25(34)23(30-32)24(33)29-15-18-11-13-28-14-12-18/h3-14,17H,15-16H2,1-2H3,(H,29,33). The van der Waals surface area contributed by atoms with E-state index in [-0.39, 0.29) is 24.6 Å². The van der Waals surface area contributed by atoms with E-state index >= 15 is 0 Å². The lowest BCUT2D eigenvalue weighted by Gasteiger charge is -2.13. The summed E-state index contributed by atoms with van der Waals surface area (Å²) in [6.07, 6.45) is 3.17. The lowest BCUT2D eigenvalue weighted by atomic mass is 10.0. The third-order valence-corrected chi connectivity index (χ3v) is 5.57. The van der Waals surface area contributed by atoms with Gasteiger partial charge in [-0.3, -0.25) is 19.1 Å². The van der Waals surface area contributed by atoms with Crippen LogP contribution in [0.1, 0.15) is 46.9 Å². The topological polar surface area (TPSA) is 98.9 Å². The van der Waals surface area contributed by atoms with E-state index in [0.29, 0.717) is 5.69 Å². The predicted octanol–water partition coefficient (Wildman–Crippen LogP) is 3.03. The summed E-state index contributed by atoms with van der Waals surface area (Å²) in [6, 6.07) is 16.4. The molecule has 0 radical (unpaired) electrons. The van der Waals surface area contributed by atoms with Crippen molar-refractivity contribution < 1.29 is 9.18 Å². The molecule has 0 saturated carbocycles. The van der Waals surface area contributed by atoms with Gasteiger partial charge in [-0.2, -0.15) is 9.78 Å². The minimum absolute atomic E-state index is 0.137. The van der Waals surface area contributed by atoms with Crippen LogP contribution >= 0.6 is 0 Å². The van der Waals surface area contributed by atoms with Gasteiger partial charge >= 0.3 is 5.69 Å². The molecule has 0 atom stereocenters. The van der Waals surface area contributed by atoms with Crippen molar-refractivity contribution in [2.24, 2.45) is 0 Å². The van der Waals surface area contributed by atoms with Gasteiger partial charge in [-0.25, -0.2) is 9.18 Å². The van der Waals surface area contributed by atoms with Crippen molar-refractivity contribution in [1.29, 1.82) is 0 Å². The molecule has 0 bridgehead atoms. The summed E-state index contributed by atoms with van der Waals surface area (Å²) >= 11 is 0. The van der Waals surface area contributed by atoms with Crippen LogP contribution in [0.25, 0.3) is 5.69 Å². The molecule has 0 spiro atoms. The lowest BCUT2D eigenvalue weighted by molar-refractivity contribution is 0.0941. The number of carbonyl (C=O) groups excluding carboxylic acids is 1. The molecule has 2 heterocycles. The highest BCUT2D eigenvalue weighted by Crippen LogP contribution is 2.16. The highest BCUT2D eigenvalue weighted by Gasteiger charge is 2.21. The van der Waals surface area contributed by atoms with Crippen molar-refractivity contribution in [3.05, 3.63) is 122 Å². The van der Waals surface area contributed by atoms with Gasteiger partial charge in [-0.15, -0.1) is 0 Å². The minimum Gasteiger partial charge on any atom is -0.346 e. The molecular formula is C26H24FN5O3. The number of halogens is 1. The van der Waals surface area contributed by atoms with Gasteiger partial charge in [0.15, 0.2) is 0 Å². The van der Waals surface area contributed by atoms with Crippen LogP contribution in [0.15, 0.2) is 82.6 Å². The lowest BCUT2D eigenvalue weighted by Crippen LogP contribution is -2.46. The highest BCUT2D eigenvalue weighted by atomic mass is 19.1.